The molecule has 0 bridgehead atoms. The Morgan fingerprint density at radius 1 is 1.44 bits per heavy atom. The van der Waals surface area contributed by atoms with Crippen LogP contribution in [0.2, 0.25) is 0 Å². The van der Waals surface area contributed by atoms with Crippen molar-refractivity contribution in [3.8, 4) is 0 Å². The normalized spacial score (nSPS) is 20.5. The number of carbonyl (C=O) groups is 1. The zero-order valence-corrected chi connectivity index (χ0v) is 12.7. The van der Waals surface area contributed by atoms with Gasteiger partial charge < -0.3 is 4.90 Å². The number of hydrogen-bond acceptors (Lipinski definition) is 3. The summed E-state index contributed by atoms with van der Waals surface area (Å²) in [4.78, 5) is 13.3. The van der Waals surface area contributed by atoms with Crippen molar-refractivity contribution in [3.63, 3.8) is 0 Å². The number of nitrogens with zero attached hydrogens (tertiary/aromatic N) is 1. The van der Waals surface area contributed by atoms with E-state index in [9.17, 15) is 13.2 Å². The van der Waals surface area contributed by atoms with Gasteiger partial charge in [0.05, 0.1) is 0 Å². The monoisotopic (exact) mass is 351 g/mol. The number of carbonyl (C=O) groups excluding carboxylic acids is 1. The minimum absolute atomic E-state index is 0.0542. The Bertz CT molecular complexity index is 602. The van der Waals surface area contributed by atoms with Gasteiger partial charge in [0, 0.05) is 33.8 Å². The number of halogens is 2. The molecule has 1 fully saturated rings. The van der Waals surface area contributed by atoms with Crippen molar-refractivity contribution in [3.05, 3.63) is 28.2 Å². The first kappa shape index (κ1) is 13.8. The van der Waals surface area contributed by atoms with Gasteiger partial charge in [-0.15, -0.1) is 0 Å². The smallest absolute Gasteiger partial charge is 0.237 e. The van der Waals surface area contributed by atoms with E-state index in [2.05, 4.69) is 15.9 Å². The van der Waals surface area contributed by atoms with Crippen LogP contribution in [0.5, 0.6) is 0 Å². The summed E-state index contributed by atoms with van der Waals surface area (Å²) in [7, 11) is 1.61. The molecule has 1 aromatic carbocycles. The van der Waals surface area contributed by atoms with Gasteiger partial charge in [0.25, 0.3) is 0 Å². The molecule has 4 nitrogen and oxygen atoms in total. The standard InChI is InChI=1S/C11H11BrClNO3S/c1-7-4-8(12)2-3-10(7)14-6-9(5-11(14)15)18(13,16)17/h2-4,9H,5-6H2,1H3. The van der Waals surface area contributed by atoms with E-state index >= 15 is 0 Å². The first-order valence-electron chi connectivity index (χ1n) is 5.29. The van der Waals surface area contributed by atoms with Gasteiger partial charge in [-0.25, -0.2) is 8.42 Å². The van der Waals surface area contributed by atoms with Gasteiger partial charge in [0.15, 0.2) is 0 Å². The predicted octanol–water partition coefficient (Wildman–Crippen LogP) is 2.43. The van der Waals surface area contributed by atoms with Crippen molar-refractivity contribution in [1.29, 1.82) is 0 Å². The molecule has 2 rings (SSSR count). The molecule has 7 heteroatoms. The van der Waals surface area contributed by atoms with Crippen molar-refractivity contribution in [1.82, 2.24) is 0 Å². The van der Waals surface area contributed by atoms with Gasteiger partial charge in [-0.1, -0.05) is 15.9 Å². The van der Waals surface area contributed by atoms with Crippen LogP contribution in [-0.4, -0.2) is 26.1 Å². The highest BCUT2D eigenvalue weighted by Gasteiger charge is 2.38. The Hall–Kier alpha value is -0.590. The van der Waals surface area contributed by atoms with Crippen LogP contribution < -0.4 is 4.90 Å². The van der Waals surface area contributed by atoms with Crippen LogP contribution in [0.4, 0.5) is 5.69 Å². The molecule has 1 amide bonds. The van der Waals surface area contributed by atoms with Gasteiger partial charge in [-0.2, -0.15) is 0 Å². The molecule has 0 N–H and O–H groups in total. The molecule has 0 aromatic heterocycles. The third-order valence-corrected chi connectivity index (χ3v) is 5.30. The fourth-order valence-corrected chi connectivity index (χ4v) is 3.52. The van der Waals surface area contributed by atoms with Crippen molar-refractivity contribution in [2.45, 2.75) is 18.6 Å². The lowest BCUT2D eigenvalue weighted by molar-refractivity contribution is -0.117. The lowest BCUT2D eigenvalue weighted by atomic mass is 10.2. The molecule has 1 unspecified atom stereocenters. The van der Waals surface area contributed by atoms with Crippen molar-refractivity contribution >= 4 is 47.3 Å². The number of rotatable bonds is 2. The van der Waals surface area contributed by atoms with Crippen molar-refractivity contribution < 1.29 is 13.2 Å². The summed E-state index contributed by atoms with van der Waals surface area (Å²) in [5.41, 5.74) is 1.64. The van der Waals surface area contributed by atoms with E-state index in [-0.39, 0.29) is 18.9 Å². The molecule has 1 atom stereocenters. The first-order valence-corrected chi connectivity index (χ1v) is 8.45. The van der Waals surface area contributed by atoms with E-state index < -0.39 is 14.3 Å². The molecule has 1 heterocycles. The summed E-state index contributed by atoms with van der Waals surface area (Å²) in [6.07, 6.45) is -0.0542. The average Bonchev–Trinajstić information content (AvgIpc) is 2.60. The van der Waals surface area contributed by atoms with Crippen molar-refractivity contribution in [2.75, 3.05) is 11.4 Å². The average molecular weight is 353 g/mol. The van der Waals surface area contributed by atoms with Crippen LogP contribution in [0.3, 0.4) is 0 Å². The molecule has 0 aliphatic carbocycles. The minimum atomic E-state index is -3.70. The maximum Gasteiger partial charge on any atom is 0.237 e. The second-order valence-corrected chi connectivity index (χ2v) is 8.06. The Morgan fingerprint density at radius 2 is 2.11 bits per heavy atom. The summed E-state index contributed by atoms with van der Waals surface area (Å²) >= 11 is 3.34. The van der Waals surface area contributed by atoms with Gasteiger partial charge in [-0.3, -0.25) is 4.79 Å². The molecule has 18 heavy (non-hydrogen) atoms. The van der Waals surface area contributed by atoms with E-state index in [0.29, 0.717) is 0 Å². The second-order valence-electron chi connectivity index (χ2n) is 4.24. The third-order valence-electron chi connectivity index (χ3n) is 2.94. The third kappa shape index (κ3) is 2.70. The highest BCUT2D eigenvalue weighted by molar-refractivity contribution is 9.10. The van der Waals surface area contributed by atoms with Crippen molar-refractivity contribution in [2.24, 2.45) is 0 Å². The fourth-order valence-electron chi connectivity index (χ4n) is 2.02. The largest absolute Gasteiger partial charge is 0.311 e. The minimum Gasteiger partial charge on any atom is -0.311 e. The molecule has 0 saturated carbocycles. The molecule has 0 radical (unpaired) electrons. The summed E-state index contributed by atoms with van der Waals surface area (Å²) in [6.45, 7) is 1.99. The Balaban J connectivity index is 2.33. The maximum atomic E-state index is 11.9. The lowest BCUT2D eigenvalue weighted by Crippen LogP contribution is -2.27. The number of anilines is 1. The Labute approximate surface area is 118 Å². The zero-order chi connectivity index (χ0) is 13.5. The van der Waals surface area contributed by atoms with Crippen LogP contribution in [-0.2, 0) is 13.8 Å². The molecule has 1 saturated heterocycles. The van der Waals surface area contributed by atoms with Crippen LogP contribution in [0, 0.1) is 6.92 Å². The highest BCUT2D eigenvalue weighted by Crippen LogP contribution is 2.30. The van der Waals surface area contributed by atoms with Gasteiger partial charge in [0.2, 0.25) is 15.0 Å². The summed E-state index contributed by atoms with van der Waals surface area (Å²) in [5, 5.41) is -0.824. The van der Waals surface area contributed by atoms with Gasteiger partial charge in [0.1, 0.15) is 5.25 Å². The number of hydrogen-bond donors (Lipinski definition) is 0. The summed E-state index contributed by atoms with van der Waals surface area (Å²) in [6, 6.07) is 5.49. The van der Waals surface area contributed by atoms with Crippen LogP contribution in [0.15, 0.2) is 22.7 Å². The van der Waals surface area contributed by atoms with Crippen LogP contribution >= 0.6 is 26.6 Å². The molecule has 1 aromatic rings. The van der Waals surface area contributed by atoms with Crippen LogP contribution in [0.25, 0.3) is 0 Å². The van der Waals surface area contributed by atoms with E-state index in [4.69, 9.17) is 10.7 Å². The Kier molecular flexibility index (Phi) is 3.71. The topological polar surface area (TPSA) is 54.5 Å². The Morgan fingerprint density at radius 3 is 2.61 bits per heavy atom. The second kappa shape index (κ2) is 4.83. The fraction of sp³-hybridized carbons (Fsp3) is 0.364. The molecule has 98 valence electrons. The predicted molar refractivity (Wildman–Crippen MR) is 74.4 cm³/mol. The molecule has 1 aliphatic rings. The molecular formula is C11H11BrClNO3S. The molecule has 1 aliphatic heterocycles. The molecule has 0 spiro atoms. The van der Waals surface area contributed by atoms with Gasteiger partial charge in [-0.05, 0) is 30.7 Å². The van der Waals surface area contributed by atoms with E-state index in [1.165, 1.54) is 4.90 Å². The SMILES string of the molecule is Cc1cc(Br)ccc1N1CC(S(=O)(=O)Cl)CC1=O. The van der Waals surface area contributed by atoms with E-state index in [1.807, 2.05) is 19.1 Å². The van der Waals surface area contributed by atoms with Gasteiger partial charge >= 0.3 is 0 Å². The quantitative estimate of drug-likeness (QED) is 0.768. The highest BCUT2D eigenvalue weighted by atomic mass is 79.9. The lowest BCUT2D eigenvalue weighted by Gasteiger charge is -2.18. The maximum absolute atomic E-state index is 11.9. The zero-order valence-electron chi connectivity index (χ0n) is 9.56. The summed E-state index contributed by atoms with van der Waals surface area (Å²) < 4.78 is 23.5. The van der Waals surface area contributed by atoms with E-state index in [1.54, 1.807) is 6.07 Å². The summed E-state index contributed by atoms with van der Waals surface area (Å²) in [5.74, 6) is -0.213. The van der Waals surface area contributed by atoms with Crippen LogP contribution in [0.1, 0.15) is 12.0 Å². The number of aryl methyl sites for hydroxylation is 1. The number of amides is 1. The number of benzene rings is 1. The van der Waals surface area contributed by atoms with E-state index in [0.717, 1.165) is 15.7 Å². The molecular weight excluding hydrogens is 342 g/mol. The first-order chi connectivity index (χ1) is 8.29.